The topological polar surface area (TPSA) is 107 Å². The number of benzene rings is 3. The summed E-state index contributed by atoms with van der Waals surface area (Å²) in [7, 11) is -4.11. The molecule has 0 heterocycles. The average molecular weight is 499 g/mol. The molecule has 10 heteroatoms. The minimum atomic E-state index is -4.11. The van der Waals surface area contributed by atoms with Gasteiger partial charge in [0.05, 0.1) is 4.92 Å². The van der Waals surface area contributed by atoms with Gasteiger partial charge < -0.3 is 9.08 Å². The summed E-state index contributed by atoms with van der Waals surface area (Å²) in [6.45, 7) is 4.00. The molecule has 0 aromatic heterocycles. The molecule has 0 spiro atoms. The lowest BCUT2D eigenvalue weighted by atomic mass is 10.1. The quantitative estimate of drug-likeness (QED) is 0.179. The van der Waals surface area contributed by atoms with Crippen molar-refractivity contribution in [3.05, 3.63) is 106 Å². The number of non-ortho nitro benzene ring substituents is 1. The molecular weight excluding hydrogens is 475 g/mol. The molecule has 1 amide bonds. The fourth-order valence-electron chi connectivity index (χ4n) is 3.11. The van der Waals surface area contributed by atoms with Crippen LogP contribution in [0.1, 0.15) is 25.0 Å². The molecular formula is C25H23FN2O6S. The minimum absolute atomic E-state index is 0.0322. The highest BCUT2D eigenvalue weighted by atomic mass is 32.2. The second-order valence-electron chi connectivity index (χ2n) is 7.88. The van der Waals surface area contributed by atoms with E-state index in [1.807, 2.05) is 13.8 Å². The zero-order valence-electron chi connectivity index (χ0n) is 19.0. The van der Waals surface area contributed by atoms with E-state index in [9.17, 15) is 27.7 Å². The molecule has 0 atom stereocenters. The van der Waals surface area contributed by atoms with Gasteiger partial charge in [-0.25, -0.2) is 4.39 Å². The summed E-state index contributed by atoms with van der Waals surface area (Å²) in [5.41, 5.74) is 1.37. The smallest absolute Gasteiger partial charge is 0.339 e. The summed E-state index contributed by atoms with van der Waals surface area (Å²) >= 11 is 0. The number of nitrogens with zero attached hydrogens (tertiary/aromatic N) is 2. The maximum Gasteiger partial charge on any atom is 0.339 e. The van der Waals surface area contributed by atoms with E-state index in [-0.39, 0.29) is 34.8 Å². The molecule has 0 aliphatic heterocycles. The number of rotatable bonds is 9. The Morgan fingerprint density at radius 2 is 1.63 bits per heavy atom. The Kier molecular flexibility index (Phi) is 7.98. The lowest BCUT2D eigenvalue weighted by molar-refractivity contribution is -0.384. The monoisotopic (exact) mass is 498 g/mol. The molecule has 0 bridgehead atoms. The van der Waals surface area contributed by atoms with Gasteiger partial charge in [0.15, 0.2) is 0 Å². The molecule has 0 N–H and O–H groups in total. The van der Waals surface area contributed by atoms with E-state index in [0.29, 0.717) is 5.56 Å². The maximum absolute atomic E-state index is 13.0. The SMILES string of the molecule is CC(C)N(Cc1ccc(OS(=O)(=O)c2ccc(F)cc2)cc1)C(=O)/C=C/c1ccc([N+](=O)[O-])cc1. The number of carbonyl (C=O) groups excluding carboxylic acids is 1. The van der Waals surface area contributed by atoms with Gasteiger partial charge in [-0.2, -0.15) is 8.42 Å². The van der Waals surface area contributed by atoms with Crippen LogP contribution in [-0.2, 0) is 21.5 Å². The molecule has 0 fully saturated rings. The van der Waals surface area contributed by atoms with Crippen molar-refractivity contribution in [3.63, 3.8) is 0 Å². The van der Waals surface area contributed by atoms with Gasteiger partial charge in [-0.1, -0.05) is 12.1 Å². The van der Waals surface area contributed by atoms with E-state index in [1.165, 1.54) is 30.3 Å². The highest BCUT2D eigenvalue weighted by Crippen LogP contribution is 2.21. The Balaban J connectivity index is 1.67. The summed E-state index contributed by atoms with van der Waals surface area (Å²) in [6.07, 6.45) is 2.98. The molecule has 0 saturated heterocycles. The van der Waals surface area contributed by atoms with Crippen molar-refractivity contribution < 1.29 is 26.7 Å². The van der Waals surface area contributed by atoms with Crippen LogP contribution in [0, 0.1) is 15.9 Å². The third-order valence-corrected chi connectivity index (χ3v) is 6.27. The first-order valence-electron chi connectivity index (χ1n) is 10.6. The van der Waals surface area contributed by atoms with Crippen LogP contribution < -0.4 is 4.18 Å². The molecule has 3 rings (SSSR count). The fourth-order valence-corrected chi connectivity index (χ4v) is 4.04. The standard InChI is InChI=1S/C25H23FN2O6S/c1-18(2)27(25(29)16-7-19-3-10-22(11-4-19)28(30)31)17-20-5-12-23(13-6-20)34-35(32,33)24-14-8-21(26)9-15-24/h3-16,18H,17H2,1-2H3/b16-7+. The van der Waals surface area contributed by atoms with Crippen LogP contribution in [0.5, 0.6) is 5.75 Å². The Labute approximate surface area is 202 Å². The van der Waals surface area contributed by atoms with E-state index in [1.54, 1.807) is 35.2 Å². The molecule has 0 radical (unpaired) electrons. The Morgan fingerprint density at radius 1 is 1.03 bits per heavy atom. The molecule has 0 unspecified atom stereocenters. The van der Waals surface area contributed by atoms with Crippen LogP contribution >= 0.6 is 0 Å². The molecule has 3 aromatic carbocycles. The van der Waals surface area contributed by atoms with Crippen LogP contribution in [0.25, 0.3) is 6.08 Å². The van der Waals surface area contributed by atoms with Gasteiger partial charge in [-0.15, -0.1) is 0 Å². The van der Waals surface area contributed by atoms with Gasteiger partial charge in [-0.3, -0.25) is 14.9 Å². The highest BCUT2D eigenvalue weighted by molar-refractivity contribution is 7.87. The predicted molar refractivity (Wildman–Crippen MR) is 128 cm³/mol. The third-order valence-electron chi connectivity index (χ3n) is 5.01. The largest absolute Gasteiger partial charge is 0.379 e. The summed E-state index contributed by atoms with van der Waals surface area (Å²) in [5, 5.41) is 10.8. The van der Waals surface area contributed by atoms with E-state index < -0.39 is 20.9 Å². The van der Waals surface area contributed by atoms with Crippen molar-refractivity contribution in [3.8, 4) is 5.75 Å². The van der Waals surface area contributed by atoms with Crippen molar-refractivity contribution >= 4 is 27.8 Å². The number of nitro groups is 1. The number of amides is 1. The normalized spacial score (nSPS) is 11.5. The Hall–Kier alpha value is -4.05. The van der Waals surface area contributed by atoms with E-state index in [0.717, 1.165) is 29.8 Å². The summed E-state index contributed by atoms with van der Waals surface area (Å²) in [4.78, 5) is 24.5. The number of halogens is 1. The van der Waals surface area contributed by atoms with Crippen molar-refractivity contribution in [2.24, 2.45) is 0 Å². The second kappa shape index (κ2) is 10.9. The van der Waals surface area contributed by atoms with Crippen LogP contribution in [0.15, 0.2) is 83.8 Å². The zero-order chi connectivity index (χ0) is 25.6. The molecule has 0 saturated carbocycles. The van der Waals surface area contributed by atoms with Crippen LogP contribution in [0.2, 0.25) is 0 Å². The third kappa shape index (κ3) is 6.97. The highest BCUT2D eigenvalue weighted by Gasteiger charge is 2.18. The first-order chi connectivity index (χ1) is 16.5. The molecule has 0 aliphatic carbocycles. The maximum atomic E-state index is 13.0. The van der Waals surface area contributed by atoms with Gasteiger partial charge in [0, 0.05) is 30.8 Å². The van der Waals surface area contributed by atoms with Crippen LogP contribution in [0.4, 0.5) is 10.1 Å². The number of nitro benzene ring substituents is 1. The van der Waals surface area contributed by atoms with Gasteiger partial charge in [-0.05, 0) is 79.6 Å². The fraction of sp³-hybridized carbons (Fsp3) is 0.160. The average Bonchev–Trinajstić information content (AvgIpc) is 2.82. The predicted octanol–water partition coefficient (Wildman–Crippen LogP) is 4.95. The zero-order valence-corrected chi connectivity index (χ0v) is 19.8. The van der Waals surface area contributed by atoms with Gasteiger partial charge >= 0.3 is 10.1 Å². The van der Waals surface area contributed by atoms with E-state index >= 15 is 0 Å². The molecule has 182 valence electrons. The molecule has 35 heavy (non-hydrogen) atoms. The second-order valence-corrected chi connectivity index (χ2v) is 9.42. The summed E-state index contributed by atoms with van der Waals surface area (Å²) in [6, 6.07) is 16.3. The molecule has 8 nitrogen and oxygen atoms in total. The van der Waals surface area contributed by atoms with Crippen LogP contribution in [0.3, 0.4) is 0 Å². The van der Waals surface area contributed by atoms with E-state index in [4.69, 9.17) is 4.18 Å². The number of carbonyl (C=O) groups is 1. The lowest BCUT2D eigenvalue weighted by Gasteiger charge is -2.25. The number of hydrogen-bond donors (Lipinski definition) is 0. The van der Waals surface area contributed by atoms with Crippen LogP contribution in [-0.4, -0.2) is 30.2 Å². The Morgan fingerprint density at radius 3 is 2.17 bits per heavy atom. The van der Waals surface area contributed by atoms with Crippen molar-refractivity contribution in [1.82, 2.24) is 4.90 Å². The first-order valence-corrected chi connectivity index (χ1v) is 12.0. The van der Waals surface area contributed by atoms with Gasteiger partial charge in [0.1, 0.15) is 16.5 Å². The minimum Gasteiger partial charge on any atom is -0.379 e. The Bertz CT molecular complexity index is 1320. The molecule has 3 aromatic rings. The van der Waals surface area contributed by atoms with Gasteiger partial charge in [0.25, 0.3) is 5.69 Å². The number of hydrogen-bond acceptors (Lipinski definition) is 6. The summed E-state index contributed by atoms with van der Waals surface area (Å²) < 4.78 is 42.9. The summed E-state index contributed by atoms with van der Waals surface area (Å²) in [5.74, 6) is -0.726. The van der Waals surface area contributed by atoms with Gasteiger partial charge in [0.2, 0.25) is 5.91 Å². The van der Waals surface area contributed by atoms with Crippen molar-refractivity contribution in [2.45, 2.75) is 31.3 Å². The van der Waals surface area contributed by atoms with Crippen molar-refractivity contribution in [2.75, 3.05) is 0 Å². The van der Waals surface area contributed by atoms with Crippen molar-refractivity contribution in [1.29, 1.82) is 0 Å². The molecule has 0 aliphatic rings. The lowest BCUT2D eigenvalue weighted by Crippen LogP contribution is -2.35. The first kappa shape index (κ1) is 25.6. The van der Waals surface area contributed by atoms with E-state index in [2.05, 4.69) is 0 Å².